The molecule has 0 aliphatic heterocycles. The van der Waals surface area contributed by atoms with Crippen LogP contribution in [-0.4, -0.2) is 13.1 Å². The molecule has 0 fully saturated rings. The summed E-state index contributed by atoms with van der Waals surface area (Å²) in [5, 5.41) is 8.57. The number of hydrogen-bond acceptors (Lipinski definition) is 3. The summed E-state index contributed by atoms with van der Waals surface area (Å²) >= 11 is 0. The number of rotatable bonds is 3. The summed E-state index contributed by atoms with van der Waals surface area (Å²) in [5.74, 6) is -0.356. The average molecular weight is 221 g/mol. The van der Waals surface area contributed by atoms with E-state index in [9.17, 15) is 4.79 Å². The van der Waals surface area contributed by atoms with Gasteiger partial charge in [0.15, 0.2) is 0 Å². The second-order valence-electron chi connectivity index (χ2n) is 3.09. The lowest BCUT2D eigenvalue weighted by molar-refractivity contribution is 0.0600. The van der Waals surface area contributed by atoms with Crippen LogP contribution >= 0.6 is 9.24 Å². The van der Waals surface area contributed by atoms with Gasteiger partial charge in [0.1, 0.15) is 0 Å². The van der Waals surface area contributed by atoms with Crippen molar-refractivity contribution in [2.24, 2.45) is 0 Å². The zero-order valence-electron chi connectivity index (χ0n) is 8.43. The van der Waals surface area contributed by atoms with Crippen LogP contribution in [0.25, 0.3) is 0 Å². The summed E-state index contributed by atoms with van der Waals surface area (Å²) < 4.78 is 4.62. The SMILES string of the molecule is COC(=O)c1cccc(C(P)CC#N)c1. The lowest BCUT2D eigenvalue weighted by Crippen LogP contribution is -2.02. The molecule has 0 bridgehead atoms. The highest BCUT2D eigenvalue weighted by atomic mass is 31.0. The molecule has 0 aromatic heterocycles. The summed E-state index contributed by atoms with van der Waals surface area (Å²) in [4.78, 5) is 11.3. The van der Waals surface area contributed by atoms with Crippen molar-refractivity contribution in [1.29, 1.82) is 5.26 Å². The van der Waals surface area contributed by atoms with E-state index in [0.29, 0.717) is 12.0 Å². The van der Waals surface area contributed by atoms with Crippen molar-refractivity contribution in [2.75, 3.05) is 7.11 Å². The minimum Gasteiger partial charge on any atom is -0.465 e. The topological polar surface area (TPSA) is 50.1 Å². The van der Waals surface area contributed by atoms with E-state index in [1.54, 1.807) is 18.2 Å². The van der Waals surface area contributed by atoms with Gasteiger partial charge in [0.05, 0.1) is 18.7 Å². The van der Waals surface area contributed by atoms with E-state index in [2.05, 4.69) is 20.0 Å². The lowest BCUT2D eigenvalue weighted by atomic mass is 10.1. The van der Waals surface area contributed by atoms with Gasteiger partial charge in [-0.1, -0.05) is 12.1 Å². The number of carbonyl (C=O) groups is 1. The predicted octanol–water partition coefficient (Wildman–Crippen LogP) is 2.30. The van der Waals surface area contributed by atoms with Gasteiger partial charge in [-0.2, -0.15) is 5.26 Å². The highest BCUT2D eigenvalue weighted by molar-refractivity contribution is 7.17. The van der Waals surface area contributed by atoms with E-state index in [-0.39, 0.29) is 11.6 Å². The third-order valence-electron chi connectivity index (χ3n) is 2.05. The van der Waals surface area contributed by atoms with Crippen LogP contribution in [0.2, 0.25) is 0 Å². The Hall–Kier alpha value is -1.39. The largest absolute Gasteiger partial charge is 0.465 e. The number of methoxy groups -OCH3 is 1. The third-order valence-corrected chi connectivity index (χ3v) is 2.67. The molecular formula is C11H12NO2P. The molecule has 0 saturated heterocycles. The van der Waals surface area contributed by atoms with Gasteiger partial charge in [-0.15, -0.1) is 9.24 Å². The molecule has 0 amide bonds. The summed E-state index contributed by atoms with van der Waals surface area (Å²) in [5.41, 5.74) is 1.52. The molecule has 3 nitrogen and oxygen atoms in total. The number of nitrogens with zero attached hydrogens (tertiary/aromatic N) is 1. The van der Waals surface area contributed by atoms with Gasteiger partial charge in [-0.25, -0.2) is 4.79 Å². The first-order chi connectivity index (χ1) is 7.19. The molecule has 0 saturated carbocycles. The van der Waals surface area contributed by atoms with Gasteiger partial charge < -0.3 is 4.74 Å². The van der Waals surface area contributed by atoms with Crippen LogP contribution in [0, 0.1) is 11.3 Å². The minimum absolute atomic E-state index is 0.0552. The van der Waals surface area contributed by atoms with E-state index in [4.69, 9.17) is 5.26 Å². The highest BCUT2D eigenvalue weighted by Crippen LogP contribution is 2.26. The van der Waals surface area contributed by atoms with E-state index in [0.717, 1.165) is 5.56 Å². The van der Waals surface area contributed by atoms with Crippen LogP contribution in [-0.2, 0) is 4.74 Å². The van der Waals surface area contributed by atoms with Crippen molar-refractivity contribution in [1.82, 2.24) is 0 Å². The molecule has 78 valence electrons. The summed E-state index contributed by atoms with van der Waals surface area (Å²) in [6, 6.07) is 9.21. The molecule has 1 aromatic carbocycles. The number of nitriles is 1. The van der Waals surface area contributed by atoms with Crippen LogP contribution in [0.4, 0.5) is 0 Å². The smallest absolute Gasteiger partial charge is 0.337 e. The first kappa shape index (κ1) is 11.7. The molecule has 0 heterocycles. The number of carbonyl (C=O) groups excluding carboxylic acids is 1. The molecule has 1 aromatic rings. The molecule has 0 radical (unpaired) electrons. The zero-order chi connectivity index (χ0) is 11.3. The lowest BCUT2D eigenvalue weighted by Gasteiger charge is -2.08. The van der Waals surface area contributed by atoms with Crippen LogP contribution < -0.4 is 0 Å². The van der Waals surface area contributed by atoms with Crippen molar-refractivity contribution in [3.63, 3.8) is 0 Å². The zero-order valence-corrected chi connectivity index (χ0v) is 9.59. The fourth-order valence-corrected chi connectivity index (χ4v) is 1.54. The van der Waals surface area contributed by atoms with Gasteiger partial charge in [-0.05, 0) is 17.7 Å². The van der Waals surface area contributed by atoms with Gasteiger partial charge in [0.2, 0.25) is 0 Å². The van der Waals surface area contributed by atoms with Crippen LogP contribution in [0.15, 0.2) is 24.3 Å². The molecule has 0 aliphatic rings. The number of esters is 1. The Morgan fingerprint density at radius 2 is 2.40 bits per heavy atom. The van der Waals surface area contributed by atoms with E-state index in [1.165, 1.54) is 7.11 Å². The number of ether oxygens (including phenoxy) is 1. The van der Waals surface area contributed by atoms with Gasteiger partial charge in [0, 0.05) is 12.1 Å². The fourth-order valence-electron chi connectivity index (χ4n) is 1.23. The maximum absolute atomic E-state index is 11.3. The quantitative estimate of drug-likeness (QED) is 0.581. The highest BCUT2D eigenvalue weighted by Gasteiger charge is 2.09. The normalized spacial score (nSPS) is 11.5. The molecule has 4 heteroatoms. The Morgan fingerprint density at radius 3 is 3.00 bits per heavy atom. The predicted molar refractivity (Wildman–Crippen MR) is 60.5 cm³/mol. The second kappa shape index (κ2) is 5.48. The Morgan fingerprint density at radius 1 is 1.67 bits per heavy atom. The Labute approximate surface area is 91.3 Å². The summed E-state index contributed by atoms with van der Waals surface area (Å²) in [7, 11) is 3.94. The van der Waals surface area contributed by atoms with Gasteiger partial charge in [-0.3, -0.25) is 0 Å². The number of hydrogen-bond donors (Lipinski definition) is 0. The Bertz CT molecular complexity index is 398. The van der Waals surface area contributed by atoms with E-state index < -0.39 is 0 Å². The average Bonchev–Trinajstić information content (AvgIpc) is 2.28. The van der Waals surface area contributed by atoms with Crippen LogP contribution in [0.5, 0.6) is 0 Å². The summed E-state index contributed by atoms with van der Waals surface area (Å²) in [6.45, 7) is 0. The molecular weight excluding hydrogens is 209 g/mol. The second-order valence-corrected chi connectivity index (χ2v) is 3.89. The molecule has 1 rings (SSSR count). The van der Waals surface area contributed by atoms with E-state index >= 15 is 0 Å². The monoisotopic (exact) mass is 221 g/mol. The molecule has 0 aliphatic carbocycles. The molecule has 0 N–H and O–H groups in total. The van der Waals surface area contributed by atoms with Gasteiger partial charge in [0.25, 0.3) is 0 Å². The minimum atomic E-state index is -0.356. The van der Waals surface area contributed by atoms with Crippen molar-refractivity contribution in [2.45, 2.75) is 12.1 Å². The standard InChI is InChI=1S/C11H12NO2P/c1-14-11(13)9-4-2-3-8(7-9)10(15)5-6-12/h2-4,7,10H,5,15H2,1H3. The van der Waals surface area contributed by atoms with E-state index in [1.807, 2.05) is 6.07 Å². The first-order valence-corrected chi connectivity index (χ1v) is 5.16. The van der Waals surface area contributed by atoms with Crippen molar-refractivity contribution in [3.05, 3.63) is 35.4 Å². The molecule has 0 spiro atoms. The summed E-state index contributed by atoms with van der Waals surface area (Å²) in [6.07, 6.45) is 0.412. The fraction of sp³-hybridized carbons (Fsp3) is 0.273. The maximum Gasteiger partial charge on any atom is 0.337 e. The van der Waals surface area contributed by atoms with Crippen molar-refractivity contribution in [3.8, 4) is 6.07 Å². The van der Waals surface area contributed by atoms with Crippen LogP contribution in [0.3, 0.4) is 0 Å². The Kier molecular flexibility index (Phi) is 4.27. The number of benzene rings is 1. The first-order valence-electron chi connectivity index (χ1n) is 4.50. The maximum atomic E-state index is 11.3. The van der Waals surface area contributed by atoms with Gasteiger partial charge >= 0.3 is 5.97 Å². The van der Waals surface area contributed by atoms with Crippen molar-refractivity contribution < 1.29 is 9.53 Å². The van der Waals surface area contributed by atoms with Crippen LogP contribution in [0.1, 0.15) is 28.0 Å². The molecule has 15 heavy (non-hydrogen) atoms. The molecule has 2 unspecified atom stereocenters. The third kappa shape index (κ3) is 3.04. The molecule has 2 atom stereocenters. The Balaban J connectivity index is 2.93. The van der Waals surface area contributed by atoms with Crippen molar-refractivity contribution >= 4 is 15.2 Å².